The summed E-state index contributed by atoms with van der Waals surface area (Å²) in [6.45, 7) is 0.792. The van der Waals surface area contributed by atoms with E-state index in [0.29, 0.717) is 6.04 Å². The zero-order chi connectivity index (χ0) is 13.7. The molecule has 1 N–H and O–H groups in total. The summed E-state index contributed by atoms with van der Waals surface area (Å²) in [5, 5.41) is 3.41. The van der Waals surface area contributed by atoms with Crippen LogP contribution in [0.5, 0.6) is 0 Å². The third-order valence-electron chi connectivity index (χ3n) is 2.99. The Labute approximate surface area is 111 Å². The topological polar surface area (TPSA) is 21.3 Å². The number of rotatable bonds is 7. The minimum absolute atomic E-state index is 0.229. The minimum atomic E-state index is -4.14. The maximum Gasteiger partial charge on any atom is 0.391 e. The third-order valence-corrected chi connectivity index (χ3v) is 2.99. The molecule has 1 aromatic carbocycles. The number of nitrogens with one attached hydrogen (secondary N) is 1. The van der Waals surface area contributed by atoms with E-state index in [4.69, 9.17) is 4.74 Å². The lowest BCUT2D eigenvalue weighted by atomic mass is 10.1. The van der Waals surface area contributed by atoms with Gasteiger partial charge in [-0.1, -0.05) is 24.3 Å². The summed E-state index contributed by atoms with van der Waals surface area (Å²) in [5.41, 5.74) is 2.09. The van der Waals surface area contributed by atoms with Crippen molar-refractivity contribution in [2.45, 2.75) is 44.6 Å². The van der Waals surface area contributed by atoms with Crippen LogP contribution in [0.25, 0.3) is 0 Å². The van der Waals surface area contributed by atoms with Gasteiger partial charge in [-0.05, 0) is 24.0 Å². The molecule has 5 heteroatoms. The van der Waals surface area contributed by atoms with Gasteiger partial charge in [0.25, 0.3) is 0 Å². The third kappa shape index (κ3) is 6.07. The molecule has 106 valence electrons. The molecule has 0 bridgehead atoms. The van der Waals surface area contributed by atoms with Crippen molar-refractivity contribution in [2.75, 3.05) is 6.61 Å². The van der Waals surface area contributed by atoms with Crippen molar-refractivity contribution in [1.29, 1.82) is 0 Å². The van der Waals surface area contributed by atoms with Gasteiger partial charge in [-0.15, -0.1) is 0 Å². The Morgan fingerprint density at radius 2 is 1.74 bits per heavy atom. The first-order valence-corrected chi connectivity index (χ1v) is 6.49. The Balaban J connectivity index is 1.66. The minimum Gasteiger partial charge on any atom is -0.376 e. The van der Waals surface area contributed by atoms with Gasteiger partial charge < -0.3 is 10.1 Å². The predicted octanol–water partition coefficient (Wildman–Crippen LogP) is 3.41. The fourth-order valence-corrected chi connectivity index (χ4v) is 1.68. The Hall–Kier alpha value is -1.07. The van der Waals surface area contributed by atoms with Crippen LogP contribution in [0.3, 0.4) is 0 Å². The van der Waals surface area contributed by atoms with Gasteiger partial charge in [0.1, 0.15) is 0 Å². The summed E-state index contributed by atoms with van der Waals surface area (Å²) >= 11 is 0. The first-order valence-electron chi connectivity index (χ1n) is 6.49. The standard InChI is InChI=1S/C14H18F3NO/c15-14(16,17)7-8-19-10-12-3-1-11(2-4-12)9-18-13-5-6-13/h1-4,13,18H,5-10H2. The number of halogens is 3. The van der Waals surface area contributed by atoms with Crippen LogP contribution in [0, 0.1) is 0 Å². The van der Waals surface area contributed by atoms with E-state index in [1.165, 1.54) is 18.4 Å². The van der Waals surface area contributed by atoms with Crippen LogP contribution in [0.2, 0.25) is 0 Å². The molecule has 19 heavy (non-hydrogen) atoms. The normalized spacial score (nSPS) is 15.7. The van der Waals surface area contributed by atoms with Crippen molar-refractivity contribution in [3.05, 3.63) is 35.4 Å². The van der Waals surface area contributed by atoms with Crippen molar-refractivity contribution in [3.63, 3.8) is 0 Å². The lowest BCUT2D eigenvalue weighted by Crippen LogP contribution is -2.15. The average molecular weight is 273 g/mol. The van der Waals surface area contributed by atoms with E-state index in [1.807, 2.05) is 24.3 Å². The molecule has 2 nitrogen and oxygen atoms in total. The highest BCUT2D eigenvalue weighted by atomic mass is 19.4. The fraction of sp³-hybridized carbons (Fsp3) is 0.571. The van der Waals surface area contributed by atoms with E-state index in [0.717, 1.165) is 12.1 Å². The molecule has 0 saturated heterocycles. The van der Waals surface area contributed by atoms with Crippen molar-refractivity contribution in [3.8, 4) is 0 Å². The van der Waals surface area contributed by atoms with Crippen LogP contribution in [0.1, 0.15) is 30.4 Å². The molecule has 1 aliphatic rings. The maximum atomic E-state index is 11.9. The zero-order valence-electron chi connectivity index (χ0n) is 10.7. The Morgan fingerprint density at radius 3 is 2.32 bits per heavy atom. The Kier molecular flexibility index (Phi) is 4.82. The lowest BCUT2D eigenvalue weighted by Gasteiger charge is -2.08. The Morgan fingerprint density at radius 1 is 1.11 bits per heavy atom. The second-order valence-corrected chi connectivity index (χ2v) is 4.89. The number of benzene rings is 1. The molecular formula is C14H18F3NO. The van der Waals surface area contributed by atoms with Gasteiger partial charge >= 0.3 is 6.18 Å². The van der Waals surface area contributed by atoms with Crippen LogP contribution in [0.4, 0.5) is 13.2 Å². The van der Waals surface area contributed by atoms with Crippen molar-refractivity contribution >= 4 is 0 Å². The van der Waals surface area contributed by atoms with E-state index in [2.05, 4.69) is 5.32 Å². The first-order chi connectivity index (χ1) is 9.03. The van der Waals surface area contributed by atoms with E-state index in [-0.39, 0.29) is 13.2 Å². The molecule has 0 heterocycles. The summed E-state index contributed by atoms with van der Waals surface area (Å²) in [7, 11) is 0. The quantitative estimate of drug-likeness (QED) is 0.769. The van der Waals surface area contributed by atoms with Gasteiger partial charge in [0.2, 0.25) is 0 Å². The highest BCUT2D eigenvalue weighted by molar-refractivity contribution is 5.22. The summed E-state index contributed by atoms with van der Waals surface area (Å²) in [6, 6.07) is 8.44. The molecule has 0 atom stereocenters. The first kappa shape index (κ1) is 14.3. The van der Waals surface area contributed by atoms with Crippen LogP contribution in [-0.2, 0) is 17.9 Å². The SMILES string of the molecule is FC(F)(F)CCOCc1ccc(CNC2CC2)cc1. The molecule has 0 aromatic heterocycles. The molecule has 1 fully saturated rings. The summed E-state index contributed by atoms with van der Waals surface area (Å²) in [6.07, 6.45) is -2.52. The molecule has 2 rings (SSSR count). The second-order valence-electron chi connectivity index (χ2n) is 4.89. The van der Waals surface area contributed by atoms with Crippen molar-refractivity contribution < 1.29 is 17.9 Å². The lowest BCUT2D eigenvalue weighted by molar-refractivity contribution is -0.146. The molecule has 0 unspecified atom stereocenters. The summed E-state index contributed by atoms with van der Waals surface area (Å²) in [5.74, 6) is 0. The largest absolute Gasteiger partial charge is 0.391 e. The molecule has 1 saturated carbocycles. The molecule has 1 aliphatic carbocycles. The number of ether oxygens (including phenoxy) is 1. The van der Waals surface area contributed by atoms with Gasteiger partial charge in [0.15, 0.2) is 0 Å². The average Bonchev–Trinajstić information content (AvgIpc) is 3.16. The predicted molar refractivity (Wildman–Crippen MR) is 66.6 cm³/mol. The van der Waals surface area contributed by atoms with Gasteiger partial charge in [0.05, 0.1) is 19.6 Å². The van der Waals surface area contributed by atoms with E-state index >= 15 is 0 Å². The van der Waals surface area contributed by atoms with E-state index in [1.54, 1.807) is 0 Å². The number of alkyl halides is 3. The van der Waals surface area contributed by atoms with Gasteiger partial charge in [-0.25, -0.2) is 0 Å². The highest BCUT2D eigenvalue weighted by Gasteiger charge is 2.26. The van der Waals surface area contributed by atoms with Gasteiger partial charge in [-0.2, -0.15) is 13.2 Å². The molecular weight excluding hydrogens is 255 g/mol. The highest BCUT2D eigenvalue weighted by Crippen LogP contribution is 2.20. The second kappa shape index (κ2) is 6.39. The van der Waals surface area contributed by atoms with Crippen LogP contribution in [-0.4, -0.2) is 18.8 Å². The van der Waals surface area contributed by atoms with Crippen molar-refractivity contribution in [1.82, 2.24) is 5.32 Å². The molecule has 0 amide bonds. The summed E-state index contributed by atoms with van der Waals surface area (Å²) < 4.78 is 40.7. The fourth-order valence-electron chi connectivity index (χ4n) is 1.68. The van der Waals surface area contributed by atoms with Crippen molar-refractivity contribution in [2.24, 2.45) is 0 Å². The number of hydrogen-bond donors (Lipinski definition) is 1. The maximum absolute atomic E-state index is 11.9. The van der Waals surface area contributed by atoms with E-state index in [9.17, 15) is 13.2 Å². The monoisotopic (exact) mass is 273 g/mol. The molecule has 1 aromatic rings. The van der Waals surface area contributed by atoms with Gasteiger partial charge in [-0.3, -0.25) is 0 Å². The van der Waals surface area contributed by atoms with Crippen LogP contribution >= 0.6 is 0 Å². The number of hydrogen-bond acceptors (Lipinski definition) is 2. The van der Waals surface area contributed by atoms with Crippen LogP contribution < -0.4 is 5.32 Å². The molecule has 0 spiro atoms. The van der Waals surface area contributed by atoms with Gasteiger partial charge in [0, 0.05) is 12.6 Å². The molecule has 0 radical (unpaired) electrons. The smallest absolute Gasteiger partial charge is 0.376 e. The Bertz CT molecular complexity index is 385. The summed E-state index contributed by atoms with van der Waals surface area (Å²) in [4.78, 5) is 0. The zero-order valence-corrected chi connectivity index (χ0v) is 10.7. The van der Waals surface area contributed by atoms with Crippen LogP contribution in [0.15, 0.2) is 24.3 Å². The van der Waals surface area contributed by atoms with E-state index < -0.39 is 12.6 Å². The molecule has 0 aliphatic heterocycles.